The molecule has 0 saturated carbocycles. The number of carbonyl (C=O) groups is 2. The zero-order valence-corrected chi connectivity index (χ0v) is 20.1. The molecule has 0 atom stereocenters. The lowest BCUT2D eigenvalue weighted by molar-refractivity contribution is -0.114. The highest BCUT2D eigenvalue weighted by Crippen LogP contribution is 2.30. The Kier molecular flexibility index (Phi) is 8.55. The lowest BCUT2D eigenvalue weighted by Crippen LogP contribution is -2.41. The third-order valence-corrected chi connectivity index (χ3v) is 6.70. The monoisotopic (exact) mass is 464 g/mol. The van der Waals surface area contributed by atoms with Gasteiger partial charge in [-0.1, -0.05) is 30.3 Å². The van der Waals surface area contributed by atoms with Crippen molar-refractivity contribution in [3.05, 3.63) is 59.7 Å². The van der Waals surface area contributed by atoms with Gasteiger partial charge in [0.05, 0.1) is 18.8 Å². The number of ether oxygens (including phenoxy) is 1. The van der Waals surface area contributed by atoms with Crippen molar-refractivity contribution < 1.29 is 14.3 Å². The number of amides is 2. The highest BCUT2D eigenvalue weighted by molar-refractivity contribution is 6.02. The van der Waals surface area contributed by atoms with Gasteiger partial charge in [-0.15, -0.1) is 0 Å². The number of morpholine rings is 1. The summed E-state index contributed by atoms with van der Waals surface area (Å²) >= 11 is 0. The molecular weight excluding hydrogens is 428 g/mol. The maximum Gasteiger partial charge on any atom is 0.253 e. The fraction of sp³-hybridized carbons (Fsp3) is 0.481. The SMILES string of the molecule is CC(=O)Nc1ccc(N2CCC(Cc3ccccc3)CC2)c(C(=O)NCCN2CCOCC2)c1. The van der Waals surface area contributed by atoms with Gasteiger partial charge in [0.15, 0.2) is 0 Å². The second-order valence-corrected chi connectivity index (χ2v) is 9.24. The van der Waals surface area contributed by atoms with Crippen molar-refractivity contribution >= 4 is 23.2 Å². The van der Waals surface area contributed by atoms with Gasteiger partial charge in [0.1, 0.15) is 0 Å². The molecule has 0 unspecified atom stereocenters. The van der Waals surface area contributed by atoms with Crippen LogP contribution in [0, 0.1) is 5.92 Å². The van der Waals surface area contributed by atoms with E-state index in [1.807, 2.05) is 12.1 Å². The zero-order valence-electron chi connectivity index (χ0n) is 20.1. The van der Waals surface area contributed by atoms with E-state index < -0.39 is 0 Å². The summed E-state index contributed by atoms with van der Waals surface area (Å²) in [6.07, 6.45) is 3.30. The molecule has 2 saturated heterocycles. The molecule has 2 fully saturated rings. The molecule has 0 aromatic heterocycles. The minimum absolute atomic E-state index is 0.0955. The minimum Gasteiger partial charge on any atom is -0.379 e. The number of benzene rings is 2. The molecule has 2 N–H and O–H groups in total. The molecule has 0 spiro atoms. The van der Waals surface area contributed by atoms with Crippen molar-refractivity contribution in [3.63, 3.8) is 0 Å². The van der Waals surface area contributed by atoms with Crippen molar-refractivity contribution in [2.24, 2.45) is 5.92 Å². The van der Waals surface area contributed by atoms with Gasteiger partial charge >= 0.3 is 0 Å². The second-order valence-electron chi connectivity index (χ2n) is 9.24. The molecular formula is C27H36N4O3. The van der Waals surface area contributed by atoms with Crippen molar-refractivity contribution in [3.8, 4) is 0 Å². The summed E-state index contributed by atoms with van der Waals surface area (Å²) in [5.41, 5.74) is 3.60. The fourth-order valence-corrected chi connectivity index (χ4v) is 4.85. The van der Waals surface area contributed by atoms with E-state index in [4.69, 9.17) is 4.74 Å². The standard InChI is InChI=1S/C27H36N4O3/c1-21(32)29-24-7-8-26(25(20-24)27(33)28-11-14-30-15-17-34-18-16-30)31-12-9-23(10-13-31)19-22-5-3-2-4-6-22/h2-8,20,23H,9-19H2,1H3,(H,28,33)(H,29,32). The smallest absolute Gasteiger partial charge is 0.253 e. The van der Waals surface area contributed by atoms with Crippen LogP contribution < -0.4 is 15.5 Å². The van der Waals surface area contributed by atoms with Gasteiger partial charge in [-0.05, 0) is 48.9 Å². The summed E-state index contributed by atoms with van der Waals surface area (Å²) in [4.78, 5) is 29.4. The maximum atomic E-state index is 13.2. The van der Waals surface area contributed by atoms with Crippen LogP contribution >= 0.6 is 0 Å². The van der Waals surface area contributed by atoms with E-state index in [1.54, 1.807) is 6.07 Å². The average molecular weight is 465 g/mol. The molecule has 2 amide bonds. The van der Waals surface area contributed by atoms with E-state index in [2.05, 4.69) is 50.8 Å². The minimum atomic E-state index is -0.145. The Hall–Kier alpha value is -2.90. The summed E-state index contributed by atoms with van der Waals surface area (Å²) < 4.78 is 5.40. The highest BCUT2D eigenvalue weighted by atomic mass is 16.5. The van der Waals surface area contributed by atoms with Gasteiger partial charge in [-0.25, -0.2) is 0 Å². The number of piperidine rings is 1. The first-order valence-corrected chi connectivity index (χ1v) is 12.4. The van der Waals surface area contributed by atoms with Crippen LogP contribution in [0.25, 0.3) is 0 Å². The lowest BCUT2D eigenvalue weighted by Gasteiger charge is -2.35. The van der Waals surface area contributed by atoms with Gasteiger partial charge in [-0.3, -0.25) is 14.5 Å². The quantitative estimate of drug-likeness (QED) is 0.628. The van der Waals surface area contributed by atoms with Crippen LogP contribution in [0.3, 0.4) is 0 Å². The lowest BCUT2D eigenvalue weighted by atomic mass is 9.89. The van der Waals surface area contributed by atoms with Crippen LogP contribution in [0.5, 0.6) is 0 Å². The normalized spacial score (nSPS) is 17.4. The summed E-state index contributed by atoms with van der Waals surface area (Å²) in [6.45, 7) is 8.01. The molecule has 0 radical (unpaired) electrons. The summed E-state index contributed by atoms with van der Waals surface area (Å²) in [7, 11) is 0. The van der Waals surface area contributed by atoms with Crippen LogP contribution in [0.2, 0.25) is 0 Å². The Morgan fingerprint density at radius 3 is 2.44 bits per heavy atom. The van der Waals surface area contributed by atoms with E-state index in [9.17, 15) is 9.59 Å². The van der Waals surface area contributed by atoms with Crippen LogP contribution in [0.1, 0.15) is 35.7 Å². The molecule has 7 nitrogen and oxygen atoms in total. The maximum absolute atomic E-state index is 13.2. The third-order valence-electron chi connectivity index (χ3n) is 6.70. The van der Waals surface area contributed by atoms with Gasteiger partial charge in [0.2, 0.25) is 5.91 Å². The van der Waals surface area contributed by atoms with Gasteiger partial charge in [-0.2, -0.15) is 0 Å². The number of hydrogen-bond acceptors (Lipinski definition) is 5. The molecule has 34 heavy (non-hydrogen) atoms. The largest absolute Gasteiger partial charge is 0.379 e. The predicted octanol–water partition coefficient (Wildman–Crippen LogP) is 3.17. The van der Waals surface area contributed by atoms with Crippen LogP contribution in [0.15, 0.2) is 48.5 Å². The first kappa shape index (κ1) is 24.2. The number of hydrogen-bond donors (Lipinski definition) is 2. The number of carbonyl (C=O) groups excluding carboxylic acids is 2. The Morgan fingerprint density at radius 2 is 1.74 bits per heavy atom. The van der Waals surface area contributed by atoms with Crippen LogP contribution in [0.4, 0.5) is 11.4 Å². The predicted molar refractivity (Wildman–Crippen MR) is 135 cm³/mol. The molecule has 2 aromatic carbocycles. The molecule has 0 bridgehead atoms. The number of nitrogens with one attached hydrogen (secondary N) is 2. The number of nitrogens with zero attached hydrogens (tertiary/aromatic N) is 2. The molecule has 2 aliphatic rings. The average Bonchev–Trinajstić information content (AvgIpc) is 2.85. The first-order chi connectivity index (χ1) is 16.6. The Balaban J connectivity index is 1.40. The molecule has 0 aliphatic carbocycles. The van der Waals surface area contributed by atoms with E-state index in [-0.39, 0.29) is 11.8 Å². The Bertz CT molecular complexity index is 952. The first-order valence-electron chi connectivity index (χ1n) is 12.4. The van der Waals surface area contributed by atoms with Crippen molar-refractivity contribution in [1.82, 2.24) is 10.2 Å². The number of rotatable bonds is 8. The van der Waals surface area contributed by atoms with Crippen LogP contribution in [-0.2, 0) is 16.0 Å². The molecule has 2 aliphatic heterocycles. The van der Waals surface area contributed by atoms with Crippen molar-refractivity contribution in [2.75, 3.05) is 62.7 Å². The van der Waals surface area contributed by atoms with Crippen molar-refractivity contribution in [2.45, 2.75) is 26.2 Å². The molecule has 4 rings (SSSR count). The highest BCUT2D eigenvalue weighted by Gasteiger charge is 2.24. The molecule has 7 heteroatoms. The number of anilines is 2. The van der Waals surface area contributed by atoms with Crippen LogP contribution in [-0.4, -0.2) is 69.2 Å². The van der Waals surface area contributed by atoms with Crippen molar-refractivity contribution in [1.29, 1.82) is 0 Å². The van der Waals surface area contributed by atoms with Gasteiger partial charge < -0.3 is 20.3 Å². The Labute approximate surface area is 202 Å². The third kappa shape index (κ3) is 6.81. The van der Waals surface area contributed by atoms with Gasteiger partial charge in [0, 0.05) is 57.6 Å². The molecule has 2 aromatic rings. The Morgan fingerprint density at radius 1 is 1.00 bits per heavy atom. The fourth-order valence-electron chi connectivity index (χ4n) is 4.85. The van der Waals surface area contributed by atoms with Gasteiger partial charge in [0.25, 0.3) is 5.91 Å². The second kappa shape index (κ2) is 12.0. The molecule has 2 heterocycles. The zero-order chi connectivity index (χ0) is 23.8. The summed E-state index contributed by atoms with van der Waals surface area (Å²) in [5, 5.41) is 5.90. The topological polar surface area (TPSA) is 73.9 Å². The molecule has 182 valence electrons. The van der Waals surface area contributed by atoms with E-state index in [1.165, 1.54) is 12.5 Å². The van der Waals surface area contributed by atoms with E-state index in [0.29, 0.717) is 23.7 Å². The van der Waals surface area contributed by atoms with E-state index in [0.717, 1.165) is 70.9 Å². The summed E-state index contributed by atoms with van der Waals surface area (Å²) in [6, 6.07) is 16.3. The van der Waals surface area contributed by atoms with E-state index >= 15 is 0 Å². The summed E-state index contributed by atoms with van der Waals surface area (Å²) in [5.74, 6) is 0.415.